The van der Waals surface area contributed by atoms with E-state index in [2.05, 4.69) is 30.7 Å². The van der Waals surface area contributed by atoms with Gasteiger partial charge in [-0.15, -0.1) is 11.3 Å². The van der Waals surface area contributed by atoms with Crippen LogP contribution in [0.1, 0.15) is 48.4 Å². The highest BCUT2D eigenvalue weighted by Crippen LogP contribution is 2.39. The van der Waals surface area contributed by atoms with E-state index in [1.165, 1.54) is 22.4 Å². The van der Waals surface area contributed by atoms with E-state index in [9.17, 15) is 19.8 Å². The molecule has 0 saturated carbocycles. The molecule has 0 fully saturated rings. The van der Waals surface area contributed by atoms with E-state index in [-0.39, 0.29) is 12.5 Å². The van der Waals surface area contributed by atoms with E-state index < -0.39 is 36.1 Å². The summed E-state index contributed by atoms with van der Waals surface area (Å²) in [4.78, 5) is 40.5. The van der Waals surface area contributed by atoms with Crippen LogP contribution in [-0.4, -0.2) is 70.4 Å². The molecule has 0 radical (unpaired) electrons. The predicted octanol–water partition coefficient (Wildman–Crippen LogP) is 1.16. The molecule has 0 spiro atoms. The fraction of sp³-hybridized carbons (Fsp3) is 0.308. The van der Waals surface area contributed by atoms with E-state index in [1.807, 2.05) is 43.5 Å². The number of aliphatic hydroxyl groups excluding tert-OH is 2. The lowest BCUT2D eigenvalue weighted by atomic mass is 10.1. The number of hydrogen-bond donors (Lipinski definition) is 5. The number of thiazole rings is 1. The SMILES string of the molecule is CCNc1nc(C2c3cnc(N)nc3CN2C(=O)[C@H](O)[C@@H](O)C(=O)N[C@H](C)c2ccc(-n3cccn3)cc2)cs1. The number of benzene rings is 1. The zero-order valence-corrected chi connectivity index (χ0v) is 22.6. The molecule has 13 nitrogen and oxygen atoms in total. The Morgan fingerprint density at radius 2 is 1.98 bits per heavy atom. The first kappa shape index (κ1) is 27.2. The Balaban J connectivity index is 1.29. The summed E-state index contributed by atoms with van der Waals surface area (Å²) in [5.41, 5.74) is 9.02. The largest absolute Gasteiger partial charge is 0.380 e. The number of aromatic nitrogens is 5. The van der Waals surface area contributed by atoms with Crippen molar-refractivity contribution in [3.05, 3.63) is 76.8 Å². The Morgan fingerprint density at radius 3 is 2.67 bits per heavy atom. The number of nitrogens with one attached hydrogen (secondary N) is 2. The van der Waals surface area contributed by atoms with E-state index in [1.54, 1.807) is 23.2 Å². The minimum absolute atomic E-state index is 0.00399. The number of aliphatic hydroxyl groups is 2. The summed E-state index contributed by atoms with van der Waals surface area (Å²) in [7, 11) is 0. The molecular weight excluding hydrogens is 534 g/mol. The van der Waals surface area contributed by atoms with E-state index >= 15 is 0 Å². The quantitative estimate of drug-likeness (QED) is 0.198. The third-order valence-electron chi connectivity index (χ3n) is 6.60. The van der Waals surface area contributed by atoms with Crippen LogP contribution in [0.2, 0.25) is 0 Å². The van der Waals surface area contributed by atoms with Crippen molar-refractivity contribution in [3.8, 4) is 5.69 Å². The molecular formula is C26H29N9O4S. The number of nitrogens with two attached hydrogens (primary N) is 1. The topological polar surface area (TPSA) is 184 Å². The van der Waals surface area contributed by atoms with Crippen molar-refractivity contribution < 1.29 is 19.8 Å². The lowest BCUT2D eigenvalue weighted by molar-refractivity contribution is -0.154. The van der Waals surface area contributed by atoms with Gasteiger partial charge in [-0.3, -0.25) is 9.59 Å². The summed E-state index contributed by atoms with van der Waals surface area (Å²) in [6, 6.07) is 7.94. The molecule has 4 aromatic rings. The molecule has 208 valence electrons. The highest BCUT2D eigenvalue weighted by atomic mass is 32.1. The monoisotopic (exact) mass is 563 g/mol. The maximum Gasteiger partial charge on any atom is 0.255 e. The lowest BCUT2D eigenvalue weighted by Gasteiger charge is -2.28. The maximum atomic E-state index is 13.5. The molecule has 0 saturated heterocycles. The summed E-state index contributed by atoms with van der Waals surface area (Å²) in [6.07, 6.45) is 0.982. The van der Waals surface area contributed by atoms with Gasteiger partial charge in [-0.05, 0) is 37.6 Å². The molecule has 1 aliphatic heterocycles. The second-order valence-corrected chi connectivity index (χ2v) is 10.1. The standard InChI is InChI=1S/C26H29N9O4S/c1-3-28-26-33-19(13-40-26)20-17-11-29-25(27)32-18(17)12-34(20)24(39)22(37)21(36)23(38)31-14(2)15-5-7-16(8-6-15)35-10-4-9-30-35/h4-11,13-14,20-22,36-37H,3,12H2,1-2H3,(H,28,33)(H,31,38)(H2,27,29,32)/t14-,20?,21-,22-/m1/s1. The normalized spacial score (nSPS) is 16.7. The van der Waals surface area contributed by atoms with Crippen molar-refractivity contribution in [1.29, 1.82) is 0 Å². The first-order chi connectivity index (χ1) is 19.3. The molecule has 1 aromatic carbocycles. The molecule has 40 heavy (non-hydrogen) atoms. The first-order valence-electron chi connectivity index (χ1n) is 12.6. The molecule has 2 amide bonds. The van der Waals surface area contributed by atoms with Gasteiger partial charge >= 0.3 is 0 Å². The van der Waals surface area contributed by atoms with Crippen LogP contribution in [0, 0.1) is 0 Å². The lowest BCUT2D eigenvalue weighted by Crippen LogP contribution is -2.50. The minimum atomic E-state index is -2.02. The first-order valence-corrected chi connectivity index (χ1v) is 13.5. The molecule has 3 aromatic heterocycles. The fourth-order valence-electron chi connectivity index (χ4n) is 4.55. The Hall–Kier alpha value is -4.40. The number of carbonyl (C=O) groups is 2. The number of amides is 2. The van der Waals surface area contributed by atoms with Gasteiger partial charge in [0.25, 0.3) is 11.8 Å². The van der Waals surface area contributed by atoms with Crippen molar-refractivity contribution in [1.82, 2.24) is 34.9 Å². The molecule has 1 aliphatic rings. The van der Waals surface area contributed by atoms with Crippen molar-refractivity contribution in [2.24, 2.45) is 0 Å². The van der Waals surface area contributed by atoms with Gasteiger partial charge < -0.3 is 31.5 Å². The van der Waals surface area contributed by atoms with Crippen LogP contribution in [-0.2, 0) is 16.1 Å². The van der Waals surface area contributed by atoms with Crippen LogP contribution in [0.25, 0.3) is 5.69 Å². The third-order valence-corrected chi connectivity index (χ3v) is 7.42. The second-order valence-electron chi connectivity index (χ2n) is 9.27. The number of rotatable bonds is 9. The highest BCUT2D eigenvalue weighted by molar-refractivity contribution is 7.13. The van der Waals surface area contributed by atoms with Gasteiger partial charge in [0.1, 0.15) is 6.04 Å². The summed E-state index contributed by atoms with van der Waals surface area (Å²) in [5, 5.41) is 33.9. The average molecular weight is 564 g/mol. The zero-order chi connectivity index (χ0) is 28.4. The van der Waals surface area contributed by atoms with Crippen LogP contribution >= 0.6 is 11.3 Å². The molecule has 0 bridgehead atoms. The summed E-state index contributed by atoms with van der Waals surface area (Å²) in [5.74, 6) is -1.69. The smallest absolute Gasteiger partial charge is 0.255 e. The summed E-state index contributed by atoms with van der Waals surface area (Å²) in [6.45, 7) is 4.36. The van der Waals surface area contributed by atoms with E-state index in [0.29, 0.717) is 28.6 Å². The van der Waals surface area contributed by atoms with Gasteiger partial charge in [-0.1, -0.05) is 12.1 Å². The zero-order valence-electron chi connectivity index (χ0n) is 21.8. The van der Waals surface area contributed by atoms with Crippen LogP contribution in [0.3, 0.4) is 0 Å². The number of carbonyl (C=O) groups excluding carboxylic acids is 2. The number of hydrogen-bond acceptors (Lipinski definition) is 11. The van der Waals surface area contributed by atoms with Crippen LogP contribution < -0.4 is 16.4 Å². The Labute approximate surface area is 233 Å². The second kappa shape index (κ2) is 11.4. The summed E-state index contributed by atoms with van der Waals surface area (Å²) >= 11 is 1.37. The number of anilines is 2. The fourth-order valence-corrected chi connectivity index (χ4v) is 5.35. The van der Waals surface area contributed by atoms with Gasteiger partial charge in [0.05, 0.1) is 29.7 Å². The van der Waals surface area contributed by atoms with Gasteiger partial charge in [0, 0.05) is 36.1 Å². The Kier molecular flexibility index (Phi) is 7.73. The number of nitrogens with zero attached hydrogens (tertiary/aromatic N) is 6. The van der Waals surface area contributed by atoms with Crippen LogP contribution in [0.4, 0.5) is 11.1 Å². The number of fused-ring (bicyclic) bond motifs is 1. The van der Waals surface area contributed by atoms with Crippen LogP contribution in [0.5, 0.6) is 0 Å². The van der Waals surface area contributed by atoms with Gasteiger partial charge in [0.15, 0.2) is 17.3 Å². The number of nitrogen functional groups attached to an aromatic ring is 1. The molecule has 1 unspecified atom stereocenters. The van der Waals surface area contributed by atoms with Gasteiger partial charge in [-0.25, -0.2) is 19.6 Å². The van der Waals surface area contributed by atoms with E-state index in [4.69, 9.17) is 5.73 Å². The third kappa shape index (κ3) is 5.36. The van der Waals surface area contributed by atoms with Crippen molar-refractivity contribution >= 4 is 34.2 Å². The Morgan fingerprint density at radius 1 is 1.20 bits per heavy atom. The minimum Gasteiger partial charge on any atom is -0.380 e. The highest BCUT2D eigenvalue weighted by Gasteiger charge is 2.43. The van der Waals surface area contributed by atoms with E-state index in [0.717, 1.165) is 11.3 Å². The average Bonchev–Trinajstić information content (AvgIpc) is 3.72. The summed E-state index contributed by atoms with van der Waals surface area (Å²) < 4.78 is 1.70. The Bertz CT molecular complexity index is 1490. The molecule has 4 atom stereocenters. The molecule has 14 heteroatoms. The molecule has 0 aliphatic carbocycles. The van der Waals surface area contributed by atoms with Crippen LogP contribution in [0.15, 0.2) is 54.3 Å². The maximum absolute atomic E-state index is 13.5. The molecule has 4 heterocycles. The molecule has 6 N–H and O–H groups in total. The van der Waals surface area contributed by atoms with Crippen molar-refractivity contribution in [2.45, 2.75) is 44.7 Å². The van der Waals surface area contributed by atoms with Crippen molar-refractivity contribution in [2.75, 3.05) is 17.6 Å². The van der Waals surface area contributed by atoms with Gasteiger partial charge in [-0.2, -0.15) is 5.10 Å². The molecule has 5 rings (SSSR count). The predicted molar refractivity (Wildman–Crippen MR) is 147 cm³/mol. The van der Waals surface area contributed by atoms with Crippen molar-refractivity contribution in [3.63, 3.8) is 0 Å². The van der Waals surface area contributed by atoms with Gasteiger partial charge in [0.2, 0.25) is 5.95 Å².